The SMILES string of the molecule is CCO[C@]1(C)O[C@@H](COC(=O)/C=C/c2ccccc2)[C@H](COC(=O)/C=C/c2ccccc2)O[C@@]1(C)OCC. The Morgan fingerprint density at radius 1 is 0.711 bits per heavy atom. The van der Waals surface area contributed by atoms with Gasteiger partial charge < -0.3 is 28.4 Å². The molecule has 1 heterocycles. The molecule has 8 heteroatoms. The molecular formula is C30H36O8. The Hall–Kier alpha value is -3.30. The third kappa shape index (κ3) is 8.10. The number of ether oxygens (including phenoxy) is 6. The van der Waals surface area contributed by atoms with Crippen LogP contribution in [0.3, 0.4) is 0 Å². The molecule has 0 N–H and O–H groups in total. The lowest BCUT2D eigenvalue weighted by Crippen LogP contribution is -2.67. The number of carbonyl (C=O) groups excluding carboxylic acids is 2. The highest BCUT2D eigenvalue weighted by Crippen LogP contribution is 2.40. The normalized spacial score (nSPS) is 25.5. The summed E-state index contributed by atoms with van der Waals surface area (Å²) in [6.07, 6.45) is 4.42. The van der Waals surface area contributed by atoms with Crippen LogP contribution in [0.2, 0.25) is 0 Å². The van der Waals surface area contributed by atoms with Crippen LogP contribution in [-0.2, 0) is 38.0 Å². The van der Waals surface area contributed by atoms with Crippen LogP contribution in [0, 0.1) is 0 Å². The van der Waals surface area contributed by atoms with Crippen LogP contribution in [0.25, 0.3) is 12.2 Å². The molecule has 2 aromatic rings. The van der Waals surface area contributed by atoms with Gasteiger partial charge >= 0.3 is 11.9 Å². The summed E-state index contributed by atoms with van der Waals surface area (Å²) in [6.45, 7) is 7.45. The maximum absolute atomic E-state index is 12.4. The first-order valence-corrected chi connectivity index (χ1v) is 12.7. The van der Waals surface area contributed by atoms with Crippen molar-refractivity contribution in [1.82, 2.24) is 0 Å². The van der Waals surface area contributed by atoms with Crippen LogP contribution >= 0.6 is 0 Å². The second-order valence-corrected chi connectivity index (χ2v) is 8.82. The highest BCUT2D eigenvalue weighted by Gasteiger charge is 2.57. The molecule has 204 valence electrons. The molecule has 0 saturated carbocycles. The zero-order chi connectivity index (χ0) is 27.4. The molecule has 4 atom stereocenters. The van der Waals surface area contributed by atoms with Gasteiger partial charge in [-0.25, -0.2) is 9.59 Å². The Balaban J connectivity index is 1.70. The molecule has 0 bridgehead atoms. The van der Waals surface area contributed by atoms with Crippen molar-refractivity contribution in [1.29, 1.82) is 0 Å². The molecule has 1 aliphatic rings. The summed E-state index contributed by atoms with van der Waals surface area (Å²) < 4.78 is 35.3. The topological polar surface area (TPSA) is 89.5 Å². The van der Waals surface area contributed by atoms with Crippen molar-refractivity contribution in [3.63, 3.8) is 0 Å². The van der Waals surface area contributed by atoms with E-state index >= 15 is 0 Å². The molecule has 3 rings (SSSR count). The van der Waals surface area contributed by atoms with Crippen LogP contribution in [0.5, 0.6) is 0 Å². The van der Waals surface area contributed by atoms with Crippen molar-refractivity contribution in [2.24, 2.45) is 0 Å². The molecule has 38 heavy (non-hydrogen) atoms. The fraction of sp³-hybridized carbons (Fsp3) is 0.400. The van der Waals surface area contributed by atoms with E-state index in [1.807, 2.05) is 74.5 Å². The van der Waals surface area contributed by atoms with Crippen LogP contribution in [0.1, 0.15) is 38.8 Å². The third-order valence-corrected chi connectivity index (χ3v) is 6.03. The number of carbonyl (C=O) groups is 2. The van der Waals surface area contributed by atoms with Gasteiger partial charge in [0.25, 0.3) is 0 Å². The van der Waals surface area contributed by atoms with Crippen molar-refractivity contribution in [2.75, 3.05) is 26.4 Å². The molecule has 8 nitrogen and oxygen atoms in total. The Morgan fingerprint density at radius 2 is 1.08 bits per heavy atom. The van der Waals surface area contributed by atoms with E-state index < -0.39 is 35.7 Å². The predicted molar refractivity (Wildman–Crippen MR) is 143 cm³/mol. The van der Waals surface area contributed by atoms with Crippen LogP contribution in [-0.4, -0.2) is 62.1 Å². The average Bonchev–Trinajstić information content (AvgIpc) is 2.92. The van der Waals surface area contributed by atoms with Gasteiger partial charge in [-0.05, 0) is 51.0 Å². The van der Waals surface area contributed by atoms with Gasteiger partial charge in [-0.2, -0.15) is 0 Å². The van der Waals surface area contributed by atoms with E-state index in [1.54, 1.807) is 26.0 Å². The summed E-state index contributed by atoms with van der Waals surface area (Å²) in [5.41, 5.74) is 1.73. The summed E-state index contributed by atoms with van der Waals surface area (Å²) in [5.74, 6) is -3.70. The summed E-state index contributed by atoms with van der Waals surface area (Å²) in [4.78, 5) is 24.8. The van der Waals surface area contributed by atoms with Crippen molar-refractivity contribution in [3.05, 3.63) is 83.9 Å². The van der Waals surface area contributed by atoms with Gasteiger partial charge in [0.2, 0.25) is 11.6 Å². The minimum absolute atomic E-state index is 0.148. The standard InChI is InChI=1S/C30H36O8/c1-5-35-29(3)30(4,36-6-2)38-26(22-34-28(32)20-18-24-15-11-8-12-16-24)25(37-29)21-33-27(31)19-17-23-13-9-7-10-14-23/h7-20,25-26H,5-6,21-22H2,1-4H3/b19-17+,20-18+/t25-,26-,29+,30+/m0/s1. The van der Waals surface area contributed by atoms with Gasteiger partial charge in [-0.3, -0.25) is 0 Å². The zero-order valence-corrected chi connectivity index (χ0v) is 22.3. The smallest absolute Gasteiger partial charge is 0.330 e. The molecule has 2 aromatic carbocycles. The molecule has 0 radical (unpaired) electrons. The summed E-state index contributed by atoms with van der Waals surface area (Å²) >= 11 is 0. The summed E-state index contributed by atoms with van der Waals surface area (Å²) in [5, 5.41) is 0. The van der Waals surface area contributed by atoms with Crippen molar-refractivity contribution in [2.45, 2.75) is 51.5 Å². The lowest BCUT2D eigenvalue weighted by Gasteiger charge is -2.52. The maximum atomic E-state index is 12.4. The molecule has 1 saturated heterocycles. The highest BCUT2D eigenvalue weighted by atomic mass is 16.8. The first-order valence-electron chi connectivity index (χ1n) is 12.7. The van der Waals surface area contributed by atoms with E-state index in [0.29, 0.717) is 13.2 Å². The van der Waals surface area contributed by atoms with Crippen LogP contribution in [0.15, 0.2) is 72.8 Å². The minimum atomic E-state index is -1.30. The lowest BCUT2D eigenvalue weighted by atomic mass is 10.0. The molecule has 0 amide bonds. The van der Waals surface area contributed by atoms with Gasteiger partial charge in [0.1, 0.15) is 25.4 Å². The fourth-order valence-corrected chi connectivity index (χ4v) is 3.99. The number of benzene rings is 2. The van der Waals surface area contributed by atoms with Crippen LogP contribution < -0.4 is 0 Å². The van der Waals surface area contributed by atoms with E-state index in [2.05, 4.69) is 0 Å². The largest absolute Gasteiger partial charge is 0.460 e. The quantitative estimate of drug-likeness (QED) is 0.289. The Morgan fingerprint density at radius 3 is 1.42 bits per heavy atom. The number of esters is 2. The van der Waals surface area contributed by atoms with Crippen LogP contribution in [0.4, 0.5) is 0 Å². The number of rotatable bonds is 12. The molecule has 1 fully saturated rings. The van der Waals surface area contributed by atoms with E-state index in [-0.39, 0.29) is 13.2 Å². The Labute approximate surface area is 224 Å². The Kier molecular flexibility index (Phi) is 10.8. The van der Waals surface area contributed by atoms with E-state index in [0.717, 1.165) is 11.1 Å². The minimum Gasteiger partial charge on any atom is -0.460 e. The van der Waals surface area contributed by atoms with Crippen molar-refractivity contribution < 1.29 is 38.0 Å². The maximum Gasteiger partial charge on any atom is 0.330 e. The zero-order valence-electron chi connectivity index (χ0n) is 22.3. The monoisotopic (exact) mass is 524 g/mol. The summed E-state index contributed by atoms with van der Waals surface area (Å²) in [7, 11) is 0. The second kappa shape index (κ2) is 14.0. The molecule has 0 spiro atoms. The van der Waals surface area contributed by atoms with E-state index in [4.69, 9.17) is 28.4 Å². The molecule has 0 aromatic heterocycles. The van der Waals surface area contributed by atoms with Gasteiger partial charge in [0, 0.05) is 25.4 Å². The molecule has 1 aliphatic heterocycles. The highest BCUT2D eigenvalue weighted by molar-refractivity contribution is 5.87. The first-order chi connectivity index (χ1) is 18.3. The van der Waals surface area contributed by atoms with Gasteiger partial charge in [-0.1, -0.05) is 60.7 Å². The van der Waals surface area contributed by atoms with Crippen molar-refractivity contribution >= 4 is 24.1 Å². The summed E-state index contributed by atoms with van der Waals surface area (Å²) in [6, 6.07) is 18.8. The van der Waals surface area contributed by atoms with Gasteiger partial charge in [0.05, 0.1) is 0 Å². The Bertz CT molecular complexity index is 996. The predicted octanol–water partition coefficient (Wildman–Crippen LogP) is 4.79. The van der Waals surface area contributed by atoms with Crippen molar-refractivity contribution in [3.8, 4) is 0 Å². The number of hydrogen-bond donors (Lipinski definition) is 0. The van der Waals surface area contributed by atoms with E-state index in [9.17, 15) is 9.59 Å². The van der Waals surface area contributed by atoms with Gasteiger partial charge in [0.15, 0.2) is 0 Å². The lowest BCUT2D eigenvalue weighted by molar-refractivity contribution is -0.458. The molecule has 0 unspecified atom stereocenters. The molecular weight excluding hydrogens is 488 g/mol. The number of hydrogen-bond acceptors (Lipinski definition) is 8. The van der Waals surface area contributed by atoms with E-state index in [1.165, 1.54) is 12.2 Å². The first kappa shape index (κ1) is 29.3. The third-order valence-electron chi connectivity index (χ3n) is 6.03. The van der Waals surface area contributed by atoms with Gasteiger partial charge in [-0.15, -0.1) is 0 Å². The fourth-order valence-electron chi connectivity index (χ4n) is 3.99. The average molecular weight is 525 g/mol. The molecule has 0 aliphatic carbocycles. The second-order valence-electron chi connectivity index (χ2n) is 8.82.